The van der Waals surface area contributed by atoms with Gasteiger partial charge in [-0.3, -0.25) is 9.55 Å². The van der Waals surface area contributed by atoms with Crippen molar-refractivity contribution in [2.45, 2.75) is 45.7 Å². The zero-order valence-corrected chi connectivity index (χ0v) is 18.1. The highest BCUT2D eigenvalue weighted by Gasteiger charge is 2.41. The number of fused-ring (bicyclic) bond motifs is 1. The maximum atomic E-state index is 11.8. The van der Waals surface area contributed by atoms with E-state index in [2.05, 4.69) is 41.0 Å². The van der Waals surface area contributed by atoms with Gasteiger partial charge in [0.1, 0.15) is 12.1 Å². The minimum Gasteiger partial charge on any atom is -0.481 e. The third-order valence-corrected chi connectivity index (χ3v) is 5.58. The van der Waals surface area contributed by atoms with Gasteiger partial charge in [0.25, 0.3) is 0 Å². The van der Waals surface area contributed by atoms with Gasteiger partial charge >= 0.3 is 6.09 Å². The molecule has 2 N–H and O–H groups in total. The zero-order chi connectivity index (χ0) is 22.2. The topological polar surface area (TPSA) is 118 Å². The van der Waals surface area contributed by atoms with E-state index in [4.69, 9.17) is 9.72 Å². The number of piperidine rings is 1. The number of carbonyl (C=O) groups is 1. The Morgan fingerprint density at radius 3 is 2.77 bits per heavy atom. The van der Waals surface area contributed by atoms with E-state index in [1.54, 1.807) is 43.0 Å². The quantitative estimate of drug-likeness (QED) is 0.654. The van der Waals surface area contributed by atoms with E-state index in [1.807, 2.05) is 4.57 Å². The number of methoxy groups -OCH3 is 1. The molecule has 1 unspecified atom stereocenters. The number of pyridine rings is 1. The number of hydrogen-bond acceptors (Lipinski definition) is 7. The van der Waals surface area contributed by atoms with Crippen LogP contribution in [-0.2, 0) is 0 Å². The summed E-state index contributed by atoms with van der Waals surface area (Å²) in [7, 11) is 1.56. The molecule has 3 aromatic heterocycles. The number of carboxylic acid groups (broad SMARTS) is 1. The minimum absolute atomic E-state index is 0.0696. The average molecular weight is 425 g/mol. The number of rotatable bonds is 4. The van der Waals surface area contributed by atoms with Crippen molar-refractivity contribution in [1.29, 1.82) is 0 Å². The first-order valence-electron chi connectivity index (χ1n) is 10.2. The van der Waals surface area contributed by atoms with Crippen molar-refractivity contribution in [2.75, 3.05) is 19.0 Å². The Morgan fingerprint density at radius 1 is 1.26 bits per heavy atom. The molecule has 0 spiro atoms. The standard InChI is InChI=1S/C21H27N7O3/c1-21(2,3)19-13(6-5-7-27(19)20(29)30)25-16-10-22-11-17(26-16)28-12-24-14-8-18(31-4)23-9-15(14)28/h8-13,19H,5-7H2,1-4H3,(H,25,26)(H,29,30)/t13-,19?/m1/s1. The Labute approximate surface area is 180 Å². The van der Waals surface area contributed by atoms with Crippen molar-refractivity contribution in [2.24, 2.45) is 5.41 Å². The van der Waals surface area contributed by atoms with Gasteiger partial charge in [-0.1, -0.05) is 20.8 Å². The van der Waals surface area contributed by atoms with Crippen LogP contribution < -0.4 is 10.1 Å². The maximum absolute atomic E-state index is 11.8. The van der Waals surface area contributed by atoms with Crippen molar-refractivity contribution < 1.29 is 14.6 Å². The molecule has 10 heteroatoms. The van der Waals surface area contributed by atoms with E-state index >= 15 is 0 Å². The van der Waals surface area contributed by atoms with Gasteiger partial charge < -0.3 is 20.1 Å². The van der Waals surface area contributed by atoms with Crippen LogP contribution in [0.3, 0.4) is 0 Å². The van der Waals surface area contributed by atoms with E-state index in [9.17, 15) is 9.90 Å². The molecule has 164 valence electrons. The van der Waals surface area contributed by atoms with Gasteiger partial charge in [0.2, 0.25) is 5.88 Å². The molecule has 0 aromatic carbocycles. The van der Waals surface area contributed by atoms with Gasteiger partial charge in [-0.25, -0.2) is 19.7 Å². The van der Waals surface area contributed by atoms with Crippen molar-refractivity contribution in [3.05, 3.63) is 31.0 Å². The second-order valence-electron chi connectivity index (χ2n) is 8.77. The van der Waals surface area contributed by atoms with Gasteiger partial charge in [0.05, 0.1) is 42.8 Å². The van der Waals surface area contributed by atoms with Crippen LogP contribution in [0.5, 0.6) is 5.88 Å². The summed E-state index contributed by atoms with van der Waals surface area (Å²) in [4.78, 5) is 31.1. The van der Waals surface area contributed by atoms with Crippen LogP contribution in [0, 0.1) is 5.41 Å². The Morgan fingerprint density at radius 2 is 2.06 bits per heavy atom. The Kier molecular flexibility index (Phi) is 5.38. The summed E-state index contributed by atoms with van der Waals surface area (Å²) < 4.78 is 6.97. The van der Waals surface area contributed by atoms with Crippen molar-refractivity contribution in [3.8, 4) is 11.7 Å². The summed E-state index contributed by atoms with van der Waals surface area (Å²) >= 11 is 0. The SMILES string of the molecule is COc1cc2ncn(-c3cncc(N[C@@H]4CCCN(C(=O)O)C4C(C)(C)C)n3)c2cn1. The number of nitrogens with zero attached hydrogens (tertiary/aromatic N) is 6. The lowest BCUT2D eigenvalue weighted by Gasteiger charge is -2.47. The zero-order valence-electron chi connectivity index (χ0n) is 18.1. The number of anilines is 1. The molecule has 0 bridgehead atoms. The number of amides is 1. The number of ether oxygens (including phenoxy) is 1. The molecule has 3 aromatic rings. The molecule has 1 amide bonds. The van der Waals surface area contributed by atoms with E-state index in [0.29, 0.717) is 24.1 Å². The number of likely N-dealkylation sites (tertiary alicyclic amines) is 1. The highest BCUT2D eigenvalue weighted by molar-refractivity contribution is 5.77. The van der Waals surface area contributed by atoms with Gasteiger partial charge in [0.15, 0.2) is 5.82 Å². The molecule has 1 fully saturated rings. The van der Waals surface area contributed by atoms with Crippen LogP contribution in [0.4, 0.5) is 10.6 Å². The molecule has 0 saturated carbocycles. The third-order valence-electron chi connectivity index (χ3n) is 5.58. The van der Waals surface area contributed by atoms with E-state index in [1.165, 1.54) is 0 Å². The molecule has 1 aliphatic heterocycles. The van der Waals surface area contributed by atoms with Crippen LogP contribution in [0.2, 0.25) is 0 Å². The molecule has 0 aliphatic carbocycles. The molecule has 4 heterocycles. The second-order valence-corrected chi connectivity index (χ2v) is 8.77. The van der Waals surface area contributed by atoms with Crippen molar-refractivity contribution in [3.63, 3.8) is 0 Å². The van der Waals surface area contributed by atoms with Gasteiger partial charge in [0, 0.05) is 18.7 Å². The number of aromatic nitrogens is 5. The average Bonchev–Trinajstić information content (AvgIpc) is 3.16. The first kappa shape index (κ1) is 20.8. The van der Waals surface area contributed by atoms with Crippen molar-refractivity contribution in [1.82, 2.24) is 29.4 Å². The first-order chi connectivity index (χ1) is 14.8. The lowest BCUT2D eigenvalue weighted by atomic mass is 9.77. The molecule has 2 atom stereocenters. The van der Waals surface area contributed by atoms with E-state index < -0.39 is 6.09 Å². The summed E-state index contributed by atoms with van der Waals surface area (Å²) in [5.74, 6) is 1.68. The number of nitrogens with one attached hydrogen (secondary N) is 1. The predicted octanol–water partition coefficient (Wildman–Crippen LogP) is 3.19. The molecule has 1 saturated heterocycles. The van der Waals surface area contributed by atoms with Gasteiger partial charge in [-0.15, -0.1) is 0 Å². The predicted molar refractivity (Wildman–Crippen MR) is 116 cm³/mol. The molecule has 10 nitrogen and oxygen atoms in total. The number of imidazole rings is 1. The van der Waals surface area contributed by atoms with Crippen LogP contribution in [0.1, 0.15) is 33.6 Å². The summed E-state index contributed by atoms with van der Waals surface area (Å²) in [6, 6.07) is 1.51. The van der Waals surface area contributed by atoms with Gasteiger partial charge in [-0.2, -0.15) is 0 Å². The van der Waals surface area contributed by atoms with Crippen molar-refractivity contribution >= 4 is 22.9 Å². The first-order valence-corrected chi connectivity index (χ1v) is 10.2. The molecular formula is C21H27N7O3. The summed E-state index contributed by atoms with van der Waals surface area (Å²) in [6.45, 7) is 6.73. The van der Waals surface area contributed by atoms with Crippen LogP contribution >= 0.6 is 0 Å². The lowest BCUT2D eigenvalue weighted by molar-refractivity contribution is 0.0518. The monoisotopic (exact) mass is 425 g/mol. The number of hydrogen-bond donors (Lipinski definition) is 2. The Bertz CT molecular complexity index is 1090. The Balaban J connectivity index is 1.63. The normalized spacial score (nSPS) is 19.4. The molecule has 1 aliphatic rings. The molecule has 0 radical (unpaired) electrons. The Hall–Kier alpha value is -3.43. The minimum atomic E-state index is -0.890. The van der Waals surface area contributed by atoms with Crippen LogP contribution in [0.15, 0.2) is 31.0 Å². The van der Waals surface area contributed by atoms with E-state index in [-0.39, 0.29) is 17.5 Å². The smallest absolute Gasteiger partial charge is 0.407 e. The summed E-state index contributed by atoms with van der Waals surface area (Å²) in [6.07, 6.45) is 7.43. The summed E-state index contributed by atoms with van der Waals surface area (Å²) in [5, 5.41) is 13.2. The maximum Gasteiger partial charge on any atom is 0.407 e. The fourth-order valence-corrected chi connectivity index (χ4v) is 4.35. The summed E-state index contributed by atoms with van der Waals surface area (Å²) in [5.41, 5.74) is 1.30. The van der Waals surface area contributed by atoms with Gasteiger partial charge in [-0.05, 0) is 18.3 Å². The second kappa shape index (κ2) is 8.01. The molecular weight excluding hydrogens is 398 g/mol. The fourth-order valence-electron chi connectivity index (χ4n) is 4.35. The third kappa shape index (κ3) is 4.10. The largest absolute Gasteiger partial charge is 0.481 e. The van der Waals surface area contributed by atoms with E-state index in [0.717, 1.165) is 23.9 Å². The highest BCUT2D eigenvalue weighted by atomic mass is 16.5. The van der Waals surface area contributed by atoms with Crippen LogP contribution in [-0.4, -0.2) is 66.3 Å². The highest BCUT2D eigenvalue weighted by Crippen LogP contribution is 2.33. The molecule has 4 rings (SSSR count). The lowest BCUT2D eigenvalue weighted by Crippen LogP contribution is -2.58. The van der Waals surface area contributed by atoms with Crippen LogP contribution in [0.25, 0.3) is 16.9 Å². The fraction of sp³-hybridized carbons (Fsp3) is 0.476. The molecule has 31 heavy (non-hydrogen) atoms.